The van der Waals surface area contributed by atoms with Gasteiger partial charge in [0.15, 0.2) is 34.9 Å². The fraction of sp³-hybridized carbons (Fsp3) is 0. The number of fused-ring (bicyclic) bond motifs is 10. The van der Waals surface area contributed by atoms with Gasteiger partial charge < -0.3 is 9.13 Å². The van der Waals surface area contributed by atoms with Gasteiger partial charge in [-0.25, -0.2) is 29.9 Å². The maximum atomic E-state index is 5.08. The third-order valence-corrected chi connectivity index (χ3v) is 16.7. The number of nitrogens with zero attached hydrogens (tertiary/aromatic N) is 8. The summed E-state index contributed by atoms with van der Waals surface area (Å²) in [4.78, 5) is 35.2. The Hall–Kier alpha value is -9.48. The van der Waals surface area contributed by atoms with E-state index in [-0.39, 0.29) is 0 Å². The Labute approximate surface area is 445 Å². The van der Waals surface area contributed by atoms with Gasteiger partial charge in [-0.1, -0.05) is 206 Å². The highest BCUT2D eigenvalue weighted by molar-refractivity contribution is 8.05. The van der Waals surface area contributed by atoms with Gasteiger partial charge in [0.1, 0.15) is 0 Å². The van der Waals surface area contributed by atoms with Crippen LogP contribution in [0.4, 0.5) is 0 Å². The van der Waals surface area contributed by atoms with Crippen molar-refractivity contribution >= 4 is 67.1 Å². The van der Waals surface area contributed by atoms with Gasteiger partial charge >= 0.3 is 0 Å². The zero-order chi connectivity index (χ0) is 50.1. The van der Waals surface area contributed by atoms with Gasteiger partial charge in [0, 0.05) is 85.9 Å². The van der Waals surface area contributed by atoms with Crippen molar-refractivity contribution in [2.75, 3.05) is 0 Å². The van der Waals surface area contributed by atoms with E-state index in [1.165, 1.54) is 41.1 Å². The molecule has 0 atom stereocenters. The lowest BCUT2D eigenvalue weighted by Gasteiger charge is -2.21. The molecule has 1 aliphatic heterocycles. The molecule has 0 spiro atoms. The van der Waals surface area contributed by atoms with Gasteiger partial charge in [-0.05, 0) is 60.7 Å². The predicted molar refractivity (Wildman–Crippen MR) is 309 cm³/mol. The maximum absolute atomic E-state index is 5.08. The minimum Gasteiger partial charge on any atom is -0.309 e. The van der Waals surface area contributed by atoms with Crippen molar-refractivity contribution in [3.8, 4) is 79.7 Å². The summed E-state index contributed by atoms with van der Waals surface area (Å²) >= 11 is 3.74. The van der Waals surface area contributed by atoms with Crippen LogP contribution in [0.5, 0.6) is 0 Å². The van der Waals surface area contributed by atoms with E-state index in [1.807, 2.05) is 145 Å². The summed E-state index contributed by atoms with van der Waals surface area (Å²) in [6.07, 6.45) is 0. The van der Waals surface area contributed by atoms with Crippen LogP contribution in [0, 0.1) is 0 Å². The second-order valence-corrected chi connectivity index (χ2v) is 20.8. The summed E-state index contributed by atoms with van der Waals surface area (Å²) in [7, 11) is 0. The highest BCUT2D eigenvalue weighted by Crippen LogP contribution is 2.56. The van der Waals surface area contributed by atoms with Crippen molar-refractivity contribution in [2.45, 2.75) is 19.6 Å². The summed E-state index contributed by atoms with van der Waals surface area (Å²) in [5.74, 6) is 3.78. The molecule has 10 aromatic carbocycles. The van der Waals surface area contributed by atoms with Crippen molar-refractivity contribution < 1.29 is 0 Å². The number of para-hydroxylation sites is 2. The Kier molecular flexibility index (Phi) is 10.5. The molecule has 0 fully saturated rings. The second-order valence-electron chi connectivity index (χ2n) is 18.7. The van der Waals surface area contributed by atoms with Crippen LogP contribution in [0.1, 0.15) is 0 Å². The first-order valence-corrected chi connectivity index (χ1v) is 26.7. The molecule has 0 N–H and O–H groups in total. The lowest BCUT2D eigenvalue weighted by molar-refractivity contribution is 1.07. The normalized spacial score (nSPS) is 12.1. The van der Waals surface area contributed by atoms with E-state index in [0.29, 0.717) is 34.9 Å². The van der Waals surface area contributed by atoms with E-state index >= 15 is 0 Å². The highest BCUT2D eigenvalue weighted by atomic mass is 32.2. The van der Waals surface area contributed by atoms with Crippen LogP contribution in [0.15, 0.2) is 262 Å². The summed E-state index contributed by atoms with van der Waals surface area (Å²) in [5, 5.41) is 4.89. The first kappa shape index (κ1) is 44.0. The molecule has 0 amide bonds. The minimum atomic E-state index is 0.620. The number of aromatic nitrogens is 8. The molecule has 8 nitrogen and oxygen atoms in total. The fourth-order valence-electron chi connectivity index (χ4n) is 10.6. The number of hydrogen-bond acceptors (Lipinski definition) is 8. The number of rotatable bonds is 8. The predicted octanol–water partition coefficient (Wildman–Crippen LogP) is 16.9. The van der Waals surface area contributed by atoms with Crippen LogP contribution < -0.4 is 0 Å². The number of benzene rings is 10. The molecule has 356 valence electrons. The Morgan fingerprint density at radius 3 is 0.908 bits per heavy atom. The maximum Gasteiger partial charge on any atom is 0.164 e. The lowest BCUT2D eigenvalue weighted by Crippen LogP contribution is -2.01. The van der Waals surface area contributed by atoms with Crippen LogP contribution in [0.3, 0.4) is 0 Å². The van der Waals surface area contributed by atoms with Gasteiger partial charge in [-0.2, -0.15) is 0 Å². The van der Waals surface area contributed by atoms with Gasteiger partial charge in [-0.3, -0.25) is 0 Å². The zero-order valence-electron chi connectivity index (χ0n) is 40.5. The molecule has 5 heterocycles. The third-order valence-electron chi connectivity index (χ3n) is 14.1. The van der Waals surface area contributed by atoms with E-state index in [4.69, 9.17) is 29.9 Å². The lowest BCUT2D eigenvalue weighted by atomic mass is 10.1. The molecule has 1 aliphatic rings. The van der Waals surface area contributed by atoms with Crippen molar-refractivity contribution in [1.29, 1.82) is 0 Å². The second kappa shape index (κ2) is 18.2. The van der Waals surface area contributed by atoms with E-state index in [2.05, 4.69) is 130 Å². The average molecular weight is 1010 g/mol. The standard InChI is InChI=1S/C66H40N8S2/c1-5-19-41(20-6-1)61-67-62(42-21-7-2-8-22-42)70-65(69-61)45-27-17-29-47(39-45)73-51-33-15-13-31-49(51)57-53(73)35-37-55-59(57)75-56-38-36-54-58(60(56)76-55)50-32-14-16-34-52(50)74(54)48-30-18-28-46(40-48)66-71-63(43-23-9-3-10-24-43)68-64(72-66)44-25-11-4-12-26-44/h1-40H. The third kappa shape index (κ3) is 7.48. The first-order chi connectivity index (χ1) is 37.7. The van der Waals surface area contributed by atoms with Gasteiger partial charge in [0.2, 0.25) is 0 Å². The quantitative estimate of drug-likeness (QED) is 0.149. The molecule has 10 heteroatoms. The van der Waals surface area contributed by atoms with Crippen molar-refractivity contribution in [3.05, 3.63) is 243 Å². The monoisotopic (exact) mass is 1010 g/mol. The molecule has 4 aromatic heterocycles. The average Bonchev–Trinajstić information content (AvgIpc) is 4.04. The Balaban J connectivity index is 0.834. The molecular formula is C66H40N8S2. The highest BCUT2D eigenvalue weighted by Gasteiger charge is 2.28. The largest absolute Gasteiger partial charge is 0.309 e. The van der Waals surface area contributed by atoms with Crippen molar-refractivity contribution in [2.24, 2.45) is 0 Å². The summed E-state index contributed by atoms with van der Waals surface area (Å²) in [6, 6.07) is 84.4. The fourth-order valence-corrected chi connectivity index (χ4v) is 13.2. The summed E-state index contributed by atoms with van der Waals surface area (Å²) in [5.41, 5.74) is 12.2. The van der Waals surface area contributed by atoms with E-state index in [0.717, 1.165) is 66.8 Å². The Morgan fingerprint density at radius 2 is 0.553 bits per heavy atom. The summed E-state index contributed by atoms with van der Waals surface area (Å²) in [6.45, 7) is 0. The molecule has 0 unspecified atom stereocenters. The van der Waals surface area contributed by atoms with Crippen LogP contribution in [-0.4, -0.2) is 39.0 Å². The Bertz CT molecular complexity index is 4170. The first-order valence-electron chi connectivity index (χ1n) is 25.1. The van der Waals surface area contributed by atoms with E-state index in [9.17, 15) is 0 Å². The topological polar surface area (TPSA) is 87.2 Å². The minimum absolute atomic E-state index is 0.620. The van der Waals surface area contributed by atoms with Crippen molar-refractivity contribution in [3.63, 3.8) is 0 Å². The molecule has 15 rings (SSSR count). The molecule has 0 saturated carbocycles. The SMILES string of the molecule is c1ccc(-c2nc(-c3ccccc3)nc(-c3cccc(-n4c5ccccc5c5c6c(ccc54)Sc4c(ccc5c4c4ccccc4n5-c4cccc(-c5nc(-c7ccccc7)nc(-c7ccccc7)n5)c4)S6)c3)n2)cc1. The van der Waals surface area contributed by atoms with E-state index in [1.54, 1.807) is 0 Å². The van der Waals surface area contributed by atoms with E-state index < -0.39 is 0 Å². The van der Waals surface area contributed by atoms with Gasteiger partial charge in [0.25, 0.3) is 0 Å². The molecule has 0 bridgehead atoms. The number of hydrogen-bond donors (Lipinski definition) is 0. The smallest absolute Gasteiger partial charge is 0.164 e. The zero-order valence-corrected chi connectivity index (χ0v) is 42.1. The van der Waals surface area contributed by atoms with Crippen LogP contribution >= 0.6 is 23.5 Å². The van der Waals surface area contributed by atoms with Gasteiger partial charge in [-0.15, -0.1) is 0 Å². The molecule has 0 aliphatic carbocycles. The molecule has 76 heavy (non-hydrogen) atoms. The molecular weight excluding hydrogens is 969 g/mol. The van der Waals surface area contributed by atoms with Crippen LogP contribution in [0.25, 0.3) is 123 Å². The summed E-state index contributed by atoms with van der Waals surface area (Å²) < 4.78 is 4.78. The molecule has 14 aromatic rings. The Morgan fingerprint density at radius 1 is 0.250 bits per heavy atom. The van der Waals surface area contributed by atoms with Crippen LogP contribution in [-0.2, 0) is 0 Å². The molecule has 0 radical (unpaired) electrons. The molecule has 0 saturated heterocycles. The van der Waals surface area contributed by atoms with Crippen LogP contribution in [0.2, 0.25) is 0 Å². The van der Waals surface area contributed by atoms with Gasteiger partial charge in [0.05, 0.1) is 22.1 Å². The van der Waals surface area contributed by atoms with Crippen molar-refractivity contribution in [1.82, 2.24) is 39.0 Å².